The maximum absolute atomic E-state index is 10.4. The monoisotopic (exact) mass is 192 g/mol. The smallest absolute Gasteiger partial charge is 0.218 e. The van der Waals surface area contributed by atoms with Crippen molar-refractivity contribution in [2.75, 3.05) is 19.6 Å². The lowest BCUT2D eigenvalue weighted by atomic mass is 10.1. The number of carbonyl (C=O) groups excluding carboxylic acids is 1. The Kier molecular flexibility index (Phi) is 6.11. The molecule has 0 aliphatic carbocycles. The third kappa shape index (κ3) is 4.57. The lowest BCUT2D eigenvalue weighted by Gasteiger charge is -2.25. The fourth-order valence-corrected chi connectivity index (χ4v) is 1.45. The number of halogens is 1. The zero-order valence-corrected chi connectivity index (χ0v) is 8.11. The zero-order chi connectivity index (χ0) is 8.10. The number of nitrogens with two attached hydrogens (primary N) is 1. The number of carbonyl (C=O) groups is 1. The van der Waals surface area contributed by atoms with Crippen molar-refractivity contribution in [2.45, 2.75) is 25.7 Å². The van der Waals surface area contributed by atoms with Gasteiger partial charge < -0.3 is 10.6 Å². The fraction of sp³-hybridized carbons (Fsp3) is 0.875. The minimum Gasteiger partial charge on any atom is -0.370 e. The molecule has 0 spiro atoms. The fourth-order valence-electron chi connectivity index (χ4n) is 1.45. The molecule has 0 radical (unpaired) electrons. The van der Waals surface area contributed by atoms with Gasteiger partial charge in [0.2, 0.25) is 5.91 Å². The summed E-state index contributed by atoms with van der Waals surface area (Å²) in [4.78, 5) is 12.8. The molecule has 1 aliphatic rings. The topological polar surface area (TPSA) is 46.3 Å². The van der Waals surface area contributed by atoms with Crippen LogP contribution in [0.4, 0.5) is 0 Å². The Bertz CT molecular complexity index is 135. The Balaban J connectivity index is 0.00000121. The van der Waals surface area contributed by atoms with Gasteiger partial charge >= 0.3 is 0 Å². The van der Waals surface area contributed by atoms with Crippen LogP contribution in [0.1, 0.15) is 25.7 Å². The maximum atomic E-state index is 10.4. The minimum absolute atomic E-state index is 0. The summed E-state index contributed by atoms with van der Waals surface area (Å²) in [5.41, 5.74) is 5.04. The number of amides is 1. The molecule has 1 rings (SSSR count). The minimum atomic E-state index is -0.185. The van der Waals surface area contributed by atoms with Crippen LogP contribution in [0.25, 0.3) is 0 Å². The highest BCUT2D eigenvalue weighted by molar-refractivity contribution is 5.85. The Labute approximate surface area is 79.7 Å². The van der Waals surface area contributed by atoms with Gasteiger partial charge in [-0.2, -0.15) is 0 Å². The van der Waals surface area contributed by atoms with Crippen LogP contribution >= 0.6 is 12.4 Å². The second kappa shape index (κ2) is 6.26. The van der Waals surface area contributed by atoms with Crippen LogP contribution in [0.3, 0.4) is 0 Å². The second-order valence-electron chi connectivity index (χ2n) is 3.12. The van der Waals surface area contributed by atoms with E-state index in [1.807, 2.05) is 0 Å². The van der Waals surface area contributed by atoms with Crippen molar-refractivity contribution in [3.05, 3.63) is 0 Å². The van der Waals surface area contributed by atoms with E-state index in [0.29, 0.717) is 6.42 Å². The zero-order valence-electron chi connectivity index (χ0n) is 7.29. The van der Waals surface area contributed by atoms with E-state index in [-0.39, 0.29) is 18.3 Å². The van der Waals surface area contributed by atoms with Crippen molar-refractivity contribution in [3.8, 4) is 0 Å². The van der Waals surface area contributed by atoms with E-state index < -0.39 is 0 Å². The second-order valence-corrected chi connectivity index (χ2v) is 3.12. The molecule has 3 nitrogen and oxygen atoms in total. The highest BCUT2D eigenvalue weighted by Crippen LogP contribution is 2.08. The van der Waals surface area contributed by atoms with Crippen LogP contribution in [-0.2, 0) is 4.79 Å². The van der Waals surface area contributed by atoms with Crippen LogP contribution < -0.4 is 5.73 Å². The highest BCUT2D eigenvalue weighted by atomic mass is 35.5. The van der Waals surface area contributed by atoms with E-state index in [4.69, 9.17) is 5.73 Å². The Morgan fingerprint density at radius 1 is 1.25 bits per heavy atom. The first-order chi connectivity index (χ1) is 5.29. The molecule has 12 heavy (non-hydrogen) atoms. The summed E-state index contributed by atoms with van der Waals surface area (Å²) >= 11 is 0. The molecule has 72 valence electrons. The largest absolute Gasteiger partial charge is 0.370 e. The van der Waals surface area contributed by atoms with Crippen LogP contribution in [0, 0.1) is 0 Å². The normalized spacial score (nSPS) is 18.3. The van der Waals surface area contributed by atoms with Crippen molar-refractivity contribution >= 4 is 18.3 Å². The van der Waals surface area contributed by atoms with Gasteiger partial charge in [0, 0.05) is 13.0 Å². The van der Waals surface area contributed by atoms with Crippen LogP contribution in [0.2, 0.25) is 0 Å². The van der Waals surface area contributed by atoms with Gasteiger partial charge in [0.05, 0.1) is 0 Å². The van der Waals surface area contributed by atoms with Gasteiger partial charge in [-0.1, -0.05) is 6.42 Å². The molecular formula is C8H17ClN2O. The van der Waals surface area contributed by atoms with Gasteiger partial charge in [-0.05, 0) is 25.9 Å². The van der Waals surface area contributed by atoms with E-state index in [9.17, 15) is 4.79 Å². The number of piperidine rings is 1. The molecule has 1 fully saturated rings. The van der Waals surface area contributed by atoms with Gasteiger partial charge in [-0.15, -0.1) is 12.4 Å². The summed E-state index contributed by atoms with van der Waals surface area (Å²) in [5, 5.41) is 0. The molecule has 0 unspecified atom stereocenters. The molecule has 1 amide bonds. The molecule has 4 heteroatoms. The molecule has 0 aromatic carbocycles. The van der Waals surface area contributed by atoms with E-state index in [0.717, 1.165) is 19.6 Å². The van der Waals surface area contributed by atoms with E-state index in [1.165, 1.54) is 19.3 Å². The van der Waals surface area contributed by atoms with Crippen molar-refractivity contribution < 1.29 is 4.79 Å². The standard InChI is InChI=1S/C8H16N2O.ClH/c9-8(11)4-7-10-5-2-1-3-6-10;/h1-7H2,(H2,9,11);1H. The third-order valence-corrected chi connectivity index (χ3v) is 2.12. The molecule has 0 saturated carbocycles. The number of likely N-dealkylation sites (tertiary alicyclic amines) is 1. The lowest BCUT2D eigenvalue weighted by Crippen LogP contribution is -2.32. The average Bonchev–Trinajstić information content (AvgIpc) is 2.03. The first-order valence-electron chi connectivity index (χ1n) is 4.30. The van der Waals surface area contributed by atoms with Crippen LogP contribution in [0.15, 0.2) is 0 Å². The summed E-state index contributed by atoms with van der Waals surface area (Å²) in [6.45, 7) is 3.15. The summed E-state index contributed by atoms with van der Waals surface area (Å²) in [5.74, 6) is -0.185. The number of primary amides is 1. The molecule has 0 bridgehead atoms. The first kappa shape index (κ1) is 11.7. The van der Waals surface area contributed by atoms with Gasteiger partial charge in [-0.25, -0.2) is 0 Å². The van der Waals surface area contributed by atoms with E-state index >= 15 is 0 Å². The molecular weight excluding hydrogens is 176 g/mol. The van der Waals surface area contributed by atoms with Crippen molar-refractivity contribution in [1.82, 2.24) is 4.90 Å². The summed E-state index contributed by atoms with van der Waals surface area (Å²) < 4.78 is 0. The predicted molar refractivity (Wildman–Crippen MR) is 51.4 cm³/mol. The molecule has 0 atom stereocenters. The summed E-state index contributed by atoms with van der Waals surface area (Å²) in [6.07, 6.45) is 4.41. The predicted octanol–water partition coefficient (Wildman–Crippen LogP) is 0.769. The highest BCUT2D eigenvalue weighted by Gasteiger charge is 2.09. The lowest BCUT2D eigenvalue weighted by molar-refractivity contribution is -0.118. The van der Waals surface area contributed by atoms with E-state index in [2.05, 4.69) is 4.90 Å². The van der Waals surface area contributed by atoms with Crippen molar-refractivity contribution in [3.63, 3.8) is 0 Å². The van der Waals surface area contributed by atoms with Gasteiger partial charge in [0.1, 0.15) is 0 Å². The summed E-state index contributed by atoms with van der Waals surface area (Å²) in [6, 6.07) is 0. The van der Waals surface area contributed by atoms with Crippen LogP contribution in [-0.4, -0.2) is 30.4 Å². The van der Waals surface area contributed by atoms with Crippen LogP contribution in [0.5, 0.6) is 0 Å². The number of hydrogen-bond donors (Lipinski definition) is 1. The number of rotatable bonds is 3. The Hall–Kier alpha value is -0.280. The van der Waals surface area contributed by atoms with Gasteiger partial charge in [0.25, 0.3) is 0 Å². The molecule has 1 aliphatic heterocycles. The van der Waals surface area contributed by atoms with Crippen molar-refractivity contribution in [2.24, 2.45) is 5.73 Å². The summed E-state index contributed by atoms with van der Waals surface area (Å²) in [7, 11) is 0. The SMILES string of the molecule is Cl.NC(=O)CCN1CCCCC1. The van der Waals surface area contributed by atoms with Gasteiger partial charge in [-0.3, -0.25) is 4.79 Å². The number of hydrogen-bond acceptors (Lipinski definition) is 2. The number of nitrogens with zero attached hydrogens (tertiary/aromatic N) is 1. The average molecular weight is 193 g/mol. The van der Waals surface area contributed by atoms with Gasteiger partial charge in [0.15, 0.2) is 0 Å². The molecule has 0 aromatic rings. The Morgan fingerprint density at radius 3 is 2.33 bits per heavy atom. The first-order valence-corrected chi connectivity index (χ1v) is 4.30. The Morgan fingerprint density at radius 2 is 1.83 bits per heavy atom. The van der Waals surface area contributed by atoms with Crippen molar-refractivity contribution in [1.29, 1.82) is 0 Å². The maximum Gasteiger partial charge on any atom is 0.218 e. The quantitative estimate of drug-likeness (QED) is 0.718. The van der Waals surface area contributed by atoms with E-state index in [1.54, 1.807) is 0 Å². The third-order valence-electron chi connectivity index (χ3n) is 2.12. The molecule has 1 saturated heterocycles. The molecule has 2 N–H and O–H groups in total. The molecule has 1 heterocycles. The molecule has 0 aromatic heterocycles.